The minimum absolute atomic E-state index is 0. The lowest BCUT2D eigenvalue weighted by Crippen LogP contribution is -1.97. The van der Waals surface area contributed by atoms with E-state index in [0.717, 1.165) is 0 Å². The van der Waals surface area contributed by atoms with Crippen molar-refractivity contribution in [1.82, 2.24) is 0 Å². The first-order valence-corrected chi connectivity index (χ1v) is 3.06. The normalized spacial score (nSPS) is 8.36. The minimum Gasteiger partial charge on any atom is -0.481 e. The van der Waals surface area contributed by atoms with Crippen molar-refractivity contribution < 1.29 is 19.8 Å². The van der Waals surface area contributed by atoms with E-state index in [-0.39, 0.29) is 20.3 Å². The molecule has 4 heteroatoms. The van der Waals surface area contributed by atoms with Crippen LogP contribution in [0.25, 0.3) is 0 Å². The van der Waals surface area contributed by atoms with Crippen LogP contribution in [0.15, 0.2) is 0 Å². The first-order chi connectivity index (χ1) is 4.63. The van der Waals surface area contributed by atoms with Crippen molar-refractivity contribution in [1.29, 1.82) is 0 Å². The van der Waals surface area contributed by atoms with Crippen LogP contribution in [0.4, 0.5) is 0 Å². The summed E-state index contributed by atoms with van der Waals surface area (Å²) in [5.74, 6) is -1.74. The number of carboxylic acid groups (broad SMARTS) is 2. The molecule has 0 unspecified atom stereocenters. The third-order valence-corrected chi connectivity index (χ3v) is 1.03. The molecule has 0 atom stereocenters. The number of aliphatic carboxylic acids is 2. The van der Waals surface area contributed by atoms with Gasteiger partial charge in [-0.05, 0) is 20.3 Å². The van der Waals surface area contributed by atoms with Gasteiger partial charge in [-0.25, -0.2) is 0 Å². The Labute approximate surface area is 65.8 Å². The van der Waals surface area contributed by atoms with Gasteiger partial charge in [-0.3, -0.25) is 9.59 Å². The van der Waals surface area contributed by atoms with Crippen LogP contribution in [-0.2, 0) is 9.59 Å². The molecule has 0 heterocycles. The number of carbonyl (C=O) groups is 2. The highest BCUT2D eigenvalue weighted by atomic mass is 16.4. The Morgan fingerprint density at radius 2 is 1.18 bits per heavy atom. The SMILES string of the molecule is O=C(O)CCCCC(=O)O.[CH]. The second kappa shape index (κ2) is 7.05. The highest BCUT2D eigenvalue weighted by Gasteiger charge is 1.99. The van der Waals surface area contributed by atoms with Crippen molar-refractivity contribution in [2.45, 2.75) is 25.7 Å². The van der Waals surface area contributed by atoms with Crippen LogP contribution in [0.5, 0.6) is 0 Å². The van der Waals surface area contributed by atoms with Gasteiger partial charge in [0, 0.05) is 12.8 Å². The number of unbranched alkanes of at least 4 members (excludes halogenated alkanes) is 1. The van der Waals surface area contributed by atoms with Gasteiger partial charge in [0.1, 0.15) is 0 Å². The molecule has 0 saturated heterocycles. The summed E-state index contributed by atoms with van der Waals surface area (Å²) in [6.07, 6.45) is 1.02. The van der Waals surface area contributed by atoms with E-state index < -0.39 is 11.9 Å². The van der Waals surface area contributed by atoms with Gasteiger partial charge in [-0.15, -0.1) is 0 Å². The molecule has 0 bridgehead atoms. The van der Waals surface area contributed by atoms with Crippen molar-refractivity contribution >= 4 is 11.9 Å². The fourth-order valence-electron chi connectivity index (χ4n) is 0.552. The van der Waals surface area contributed by atoms with Crippen molar-refractivity contribution in [2.75, 3.05) is 0 Å². The molecule has 0 spiro atoms. The lowest BCUT2D eigenvalue weighted by Gasteiger charge is -1.92. The van der Waals surface area contributed by atoms with Crippen LogP contribution < -0.4 is 0 Å². The molecule has 0 fully saturated rings. The molecule has 0 amide bonds. The lowest BCUT2D eigenvalue weighted by molar-refractivity contribution is -0.139. The first-order valence-electron chi connectivity index (χ1n) is 3.06. The Balaban J connectivity index is 0. The van der Waals surface area contributed by atoms with Crippen LogP contribution in [0, 0.1) is 7.43 Å². The van der Waals surface area contributed by atoms with Gasteiger partial charge < -0.3 is 10.2 Å². The Bertz CT molecular complexity index is 114. The molecule has 0 aromatic heterocycles. The van der Waals surface area contributed by atoms with Gasteiger partial charge in [0.15, 0.2) is 0 Å². The summed E-state index contributed by atoms with van der Waals surface area (Å²) in [4.78, 5) is 19.8. The summed E-state index contributed by atoms with van der Waals surface area (Å²) in [5, 5.41) is 16.3. The van der Waals surface area contributed by atoms with Crippen molar-refractivity contribution in [3.8, 4) is 0 Å². The summed E-state index contributed by atoms with van der Waals surface area (Å²) < 4.78 is 0. The second-order valence-electron chi connectivity index (χ2n) is 1.99. The number of carboxylic acids is 2. The Hall–Kier alpha value is -1.06. The summed E-state index contributed by atoms with van der Waals surface area (Å²) in [6, 6.07) is 0. The lowest BCUT2D eigenvalue weighted by atomic mass is 10.2. The Morgan fingerprint density at radius 3 is 1.36 bits per heavy atom. The predicted molar refractivity (Wildman–Crippen MR) is 38.0 cm³/mol. The summed E-state index contributed by atoms with van der Waals surface area (Å²) in [5.41, 5.74) is 0. The van der Waals surface area contributed by atoms with Crippen molar-refractivity contribution in [2.24, 2.45) is 0 Å². The molecule has 0 aromatic rings. The zero-order chi connectivity index (χ0) is 7.98. The molecule has 0 rings (SSSR count). The smallest absolute Gasteiger partial charge is 0.303 e. The van der Waals surface area contributed by atoms with Gasteiger partial charge in [0.25, 0.3) is 0 Å². The summed E-state index contributed by atoms with van der Waals surface area (Å²) >= 11 is 0. The molecular formula is C7H11O4. The second-order valence-corrected chi connectivity index (χ2v) is 1.99. The standard InChI is InChI=1S/C6H10O4.CH/c7-5(8)3-1-2-4-6(9)10;/h1-4H2,(H,7,8)(H,9,10);1H. The molecule has 3 radical (unpaired) electrons. The highest BCUT2D eigenvalue weighted by Crippen LogP contribution is 1.98. The van der Waals surface area contributed by atoms with Crippen LogP contribution >= 0.6 is 0 Å². The topological polar surface area (TPSA) is 74.6 Å². The summed E-state index contributed by atoms with van der Waals surface area (Å²) in [7, 11) is 0. The maximum atomic E-state index is 9.90. The van der Waals surface area contributed by atoms with Crippen LogP contribution in [0.1, 0.15) is 25.7 Å². The van der Waals surface area contributed by atoms with E-state index in [4.69, 9.17) is 10.2 Å². The number of hydrogen-bond donors (Lipinski definition) is 2. The third kappa shape index (κ3) is 12.2. The molecule has 2 N–H and O–H groups in total. The Kier molecular flexibility index (Phi) is 8.08. The zero-order valence-electron chi connectivity index (χ0n) is 6.12. The van der Waals surface area contributed by atoms with E-state index in [1.165, 1.54) is 0 Å². The van der Waals surface area contributed by atoms with Gasteiger partial charge >= 0.3 is 11.9 Å². The van der Waals surface area contributed by atoms with Crippen molar-refractivity contribution in [3.05, 3.63) is 7.43 Å². The van der Waals surface area contributed by atoms with E-state index in [1.54, 1.807) is 0 Å². The van der Waals surface area contributed by atoms with E-state index in [2.05, 4.69) is 0 Å². The fraction of sp³-hybridized carbons (Fsp3) is 0.571. The van der Waals surface area contributed by atoms with E-state index in [9.17, 15) is 9.59 Å². The minimum atomic E-state index is -0.870. The van der Waals surface area contributed by atoms with Gasteiger partial charge in [0.05, 0.1) is 0 Å². The number of rotatable bonds is 5. The molecule has 0 aliphatic carbocycles. The third-order valence-electron chi connectivity index (χ3n) is 1.03. The van der Waals surface area contributed by atoms with Crippen LogP contribution in [0.3, 0.4) is 0 Å². The van der Waals surface area contributed by atoms with Gasteiger partial charge in [-0.1, -0.05) is 0 Å². The monoisotopic (exact) mass is 159 g/mol. The van der Waals surface area contributed by atoms with Crippen molar-refractivity contribution in [3.63, 3.8) is 0 Å². The van der Waals surface area contributed by atoms with E-state index in [0.29, 0.717) is 12.8 Å². The van der Waals surface area contributed by atoms with Crippen LogP contribution in [-0.4, -0.2) is 22.2 Å². The van der Waals surface area contributed by atoms with E-state index in [1.807, 2.05) is 0 Å². The fourth-order valence-corrected chi connectivity index (χ4v) is 0.552. The van der Waals surface area contributed by atoms with Gasteiger partial charge in [-0.2, -0.15) is 0 Å². The molecule has 0 aliphatic heterocycles. The predicted octanol–water partition coefficient (Wildman–Crippen LogP) is 0.920. The maximum Gasteiger partial charge on any atom is 0.303 e. The highest BCUT2D eigenvalue weighted by molar-refractivity contribution is 5.67. The molecule has 0 aliphatic rings. The molecule has 0 aromatic carbocycles. The Morgan fingerprint density at radius 1 is 0.909 bits per heavy atom. The summed E-state index contributed by atoms with van der Waals surface area (Å²) in [6.45, 7) is 0. The van der Waals surface area contributed by atoms with Crippen LogP contribution in [0.2, 0.25) is 0 Å². The average Bonchev–Trinajstić information content (AvgIpc) is 1.79. The average molecular weight is 159 g/mol. The molecular weight excluding hydrogens is 148 g/mol. The van der Waals surface area contributed by atoms with Gasteiger partial charge in [0.2, 0.25) is 0 Å². The quantitative estimate of drug-likeness (QED) is 0.585. The van der Waals surface area contributed by atoms with E-state index >= 15 is 0 Å². The molecule has 63 valence electrons. The maximum absolute atomic E-state index is 9.90. The zero-order valence-corrected chi connectivity index (χ0v) is 6.12. The molecule has 0 saturated carbocycles. The molecule has 11 heavy (non-hydrogen) atoms. The largest absolute Gasteiger partial charge is 0.481 e. The first kappa shape index (κ1) is 12.6. The molecule has 4 nitrogen and oxygen atoms in total. The number of hydrogen-bond acceptors (Lipinski definition) is 2.